The van der Waals surface area contributed by atoms with Crippen LogP contribution in [0.25, 0.3) is 0 Å². The third-order valence-corrected chi connectivity index (χ3v) is 7.76. The third-order valence-electron chi connectivity index (χ3n) is 7.21. The zero-order valence-corrected chi connectivity index (χ0v) is 22.7. The van der Waals surface area contributed by atoms with Gasteiger partial charge in [-0.2, -0.15) is 5.26 Å². The lowest BCUT2D eigenvalue weighted by Gasteiger charge is -2.40. The summed E-state index contributed by atoms with van der Waals surface area (Å²) >= 11 is 12.6. The Labute approximate surface area is 232 Å². The van der Waals surface area contributed by atoms with Crippen molar-refractivity contribution in [3.05, 3.63) is 116 Å². The van der Waals surface area contributed by atoms with E-state index >= 15 is 0 Å². The molecule has 3 aromatic carbocycles. The van der Waals surface area contributed by atoms with Gasteiger partial charge in [-0.1, -0.05) is 59.1 Å². The van der Waals surface area contributed by atoms with E-state index in [1.54, 1.807) is 18.2 Å². The van der Waals surface area contributed by atoms with Gasteiger partial charge in [-0.15, -0.1) is 0 Å². The molecule has 1 heterocycles. The van der Waals surface area contributed by atoms with Crippen molar-refractivity contribution in [3.63, 3.8) is 0 Å². The number of allylic oxidation sites excluding steroid dienone is 3. The van der Waals surface area contributed by atoms with Gasteiger partial charge in [0.1, 0.15) is 18.2 Å². The second kappa shape index (κ2) is 10.6. The first kappa shape index (κ1) is 25.9. The average molecular weight is 544 g/mol. The number of rotatable bonds is 5. The number of nitrogens with zero attached hydrogens (tertiary/aromatic N) is 2. The van der Waals surface area contributed by atoms with E-state index in [-0.39, 0.29) is 5.78 Å². The predicted molar refractivity (Wildman–Crippen MR) is 151 cm³/mol. The lowest BCUT2D eigenvalue weighted by Crippen LogP contribution is -2.39. The molecule has 2 N–H and O–H groups in total. The Balaban J connectivity index is 1.65. The molecule has 1 aliphatic carbocycles. The molecule has 1 atom stereocenters. The van der Waals surface area contributed by atoms with E-state index in [1.165, 1.54) is 0 Å². The van der Waals surface area contributed by atoms with Gasteiger partial charge in [0.15, 0.2) is 5.78 Å². The van der Waals surface area contributed by atoms with Crippen LogP contribution >= 0.6 is 23.2 Å². The van der Waals surface area contributed by atoms with Crippen molar-refractivity contribution in [1.82, 2.24) is 0 Å². The number of para-hydroxylation sites is 1. The highest BCUT2D eigenvalue weighted by Gasteiger charge is 2.41. The van der Waals surface area contributed by atoms with Gasteiger partial charge in [0, 0.05) is 28.4 Å². The van der Waals surface area contributed by atoms with Crippen LogP contribution in [0.4, 0.5) is 5.69 Å². The van der Waals surface area contributed by atoms with Crippen LogP contribution in [0.2, 0.25) is 10.0 Å². The molecule has 1 aliphatic heterocycles. The largest absolute Gasteiger partial charge is 0.487 e. The molecule has 0 radical (unpaired) electrons. The monoisotopic (exact) mass is 543 g/mol. The molecule has 0 aromatic heterocycles. The van der Waals surface area contributed by atoms with Gasteiger partial charge in [0.25, 0.3) is 0 Å². The fraction of sp³-hybridized carbons (Fsp3) is 0.226. The van der Waals surface area contributed by atoms with Crippen LogP contribution in [-0.4, -0.2) is 5.78 Å². The van der Waals surface area contributed by atoms with Crippen molar-refractivity contribution >= 4 is 34.7 Å². The van der Waals surface area contributed by atoms with E-state index in [0.29, 0.717) is 52.2 Å². The van der Waals surface area contributed by atoms with Gasteiger partial charge in [-0.3, -0.25) is 9.69 Å². The van der Waals surface area contributed by atoms with E-state index in [0.717, 1.165) is 40.1 Å². The van der Waals surface area contributed by atoms with E-state index < -0.39 is 5.92 Å². The highest BCUT2D eigenvalue weighted by Crippen LogP contribution is 2.47. The molecule has 1 unspecified atom stereocenters. The van der Waals surface area contributed by atoms with Crippen molar-refractivity contribution in [2.24, 2.45) is 5.73 Å². The molecule has 0 fully saturated rings. The van der Waals surface area contributed by atoms with E-state index in [1.807, 2.05) is 55.1 Å². The second-order valence-electron chi connectivity index (χ2n) is 9.65. The van der Waals surface area contributed by atoms with Gasteiger partial charge in [0.05, 0.1) is 22.6 Å². The van der Waals surface area contributed by atoms with Crippen molar-refractivity contribution in [3.8, 4) is 11.8 Å². The van der Waals surface area contributed by atoms with Crippen molar-refractivity contribution < 1.29 is 9.53 Å². The fourth-order valence-corrected chi connectivity index (χ4v) is 5.81. The summed E-state index contributed by atoms with van der Waals surface area (Å²) < 4.78 is 6.06. The highest BCUT2D eigenvalue weighted by molar-refractivity contribution is 6.32. The number of ether oxygens (including phenoxy) is 1. The lowest BCUT2D eigenvalue weighted by molar-refractivity contribution is -0.116. The van der Waals surface area contributed by atoms with Crippen LogP contribution in [0.1, 0.15) is 47.4 Å². The molecule has 3 aromatic rings. The fourth-order valence-electron chi connectivity index (χ4n) is 5.44. The molecule has 5 nitrogen and oxygen atoms in total. The Morgan fingerprint density at radius 1 is 1.08 bits per heavy atom. The Hall–Kier alpha value is -3.72. The first-order valence-electron chi connectivity index (χ1n) is 12.5. The maximum Gasteiger partial charge on any atom is 0.161 e. The van der Waals surface area contributed by atoms with Gasteiger partial charge < -0.3 is 10.5 Å². The smallest absolute Gasteiger partial charge is 0.161 e. The number of aryl methyl sites for hydroxylation is 1. The topological polar surface area (TPSA) is 79.3 Å². The number of carbonyl (C=O) groups is 1. The normalized spacial score (nSPS) is 17.4. The number of hydrogen-bond acceptors (Lipinski definition) is 5. The van der Waals surface area contributed by atoms with Crippen molar-refractivity contribution in [1.29, 1.82) is 5.26 Å². The molecule has 0 saturated heterocycles. The van der Waals surface area contributed by atoms with Crippen LogP contribution in [0, 0.1) is 25.2 Å². The van der Waals surface area contributed by atoms with Gasteiger partial charge >= 0.3 is 0 Å². The number of hydrogen-bond donors (Lipinski definition) is 1. The molecule has 5 rings (SSSR count). The number of benzene rings is 3. The number of nitriles is 1. The summed E-state index contributed by atoms with van der Waals surface area (Å²) in [7, 11) is 0. The van der Waals surface area contributed by atoms with Crippen LogP contribution < -0.4 is 15.4 Å². The quantitative estimate of drug-likeness (QED) is 0.360. The predicted octanol–water partition coefficient (Wildman–Crippen LogP) is 7.49. The molecule has 7 heteroatoms. The minimum atomic E-state index is -0.558. The second-order valence-corrected chi connectivity index (χ2v) is 10.5. The summed E-state index contributed by atoms with van der Waals surface area (Å²) in [5.74, 6) is 0.402. The number of Topliss-reactive ketones (excluding diaryl/α,β-unsaturated/α-hetero) is 1. The highest BCUT2D eigenvalue weighted by atomic mass is 35.5. The number of anilines is 1. The van der Waals surface area contributed by atoms with Crippen LogP contribution in [-0.2, 0) is 11.4 Å². The molecular formula is C31H27Cl2N3O2. The van der Waals surface area contributed by atoms with Crippen molar-refractivity contribution in [2.75, 3.05) is 4.90 Å². The number of ketones is 1. The molecule has 192 valence electrons. The minimum absolute atomic E-state index is 0.0401. The molecule has 2 aliphatic rings. The maximum atomic E-state index is 13.5. The minimum Gasteiger partial charge on any atom is -0.487 e. The summed E-state index contributed by atoms with van der Waals surface area (Å²) in [4.78, 5) is 15.4. The average Bonchev–Trinajstić information content (AvgIpc) is 2.89. The maximum absolute atomic E-state index is 13.5. The summed E-state index contributed by atoms with van der Waals surface area (Å²) in [6.45, 7) is 4.30. The van der Waals surface area contributed by atoms with Gasteiger partial charge in [-0.05, 0) is 73.7 Å². The molecular weight excluding hydrogens is 517 g/mol. The van der Waals surface area contributed by atoms with Crippen molar-refractivity contribution in [2.45, 2.75) is 45.6 Å². The molecule has 0 saturated carbocycles. The zero-order valence-electron chi connectivity index (χ0n) is 21.2. The van der Waals surface area contributed by atoms with Gasteiger partial charge in [-0.25, -0.2) is 0 Å². The first-order chi connectivity index (χ1) is 18.3. The number of nitrogens with two attached hydrogens (primary N) is 1. The van der Waals surface area contributed by atoms with Crippen LogP contribution in [0.5, 0.6) is 5.75 Å². The summed E-state index contributed by atoms with van der Waals surface area (Å²) in [5, 5.41) is 11.5. The summed E-state index contributed by atoms with van der Waals surface area (Å²) in [5.41, 5.74) is 13.1. The van der Waals surface area contributed by atoms with Gasteiger partial charge in [0.2, 0.25) is 0 Å². The molecule has 0 amide bonds. The first-order valence-corrected chi connectivity index (χ1v) is 13.2. The van der Waals surface area contributed by atoms with E-state index in [4.69, 9.17) is 33.7 Å². The molecule has 0 bridgehead atoms. The number of halogens is 2. The standard InChI is InChI=1S/C31H27Cl2N3O2/c1-18-13-20(17-38-28-12-4-3-9-25(28)33)19(2)23(14-18)29-24(16-34)31(35)36(22-8-5-7-21(32)15-22)26-10-6-11-27(37)30(26)29/h3-5,7-9,12-15,29H,6,10-11,17,35H2,1-2H3. The SMILES string of the molecule is Cc1cc(COc2ccccc2Cl)c(C)c(C2C(C#N)=C(N)N(c3cccc(Cl)c3)C3=C2C(=O)CCC3)c1. The Kier molecular flexibility index (Phi) is 7.21. The van der Waals surface area contributed by atoms with E-state index in [2.05, 4.69) is 12.1 Å². The molecule has 38 heavy (non-hydrogen) atoms. The third kappa shape index (κ3) is 4.67. The van der Waals surface area contributed by atoms with Crippen LogP contribution in [0.15, 0.2) is 83.3 Å². The Bertz CT molecular complexity index is 1550. The zero-order chi connectivity index (χ0) is 27.0. The molecule has 0 spiro atoms. The van der Waals surface area contributed by atoms with Crippen LogP contribution in [0.3, 0.4) is 0 Å². The summed E-state index contributed by atoms with van der Waals surface area (Å²) in [6, 6.07) is 21.1. The van der Waals surface area contributed by atoms with E-state index in [9.17, 15) is 10.1 Å². The number of carbonyl (C=O) groups excluding carboxylic acids is 1. The Morgan fingerprint density at radius 3 is 2.61 bits per heavy atom. The lowest BCUT2D eigenvalue weighted by atomic mass is 9.73. The summed E-state index contributed by atoms with van der Waals surface area (Å²) in [6.07, 6.45) is 1.84. The Morgan fingerprint density at radius 2 is 1.87 bits per heavy atom.